The SMILES string of the molecule is O=C(OCc1ccccc1)C(=O)c1c(O)n(-c2ccccc2)c2ccccc12. The van der Waals surface area contributed by atoms with Gasteiger partial charge in [-0.2, -0.15) is 0 Å². The lowest BCUT2D eigenvalue weighted by atomic mass is 10.1. The average Bonchev–Trinajstić information content (AvgIpc) is 3.04. The number of ether oxygens (including phenoxy) is 1. The molecule has 1 aromatic heterocycles. The van der Waals surface area contributed by atoms with E-state index in [1.54, 1.807) is 34.9 Å². The second-order valence-corrected chi connectivity index (χ2v) is 6.28. The predicted octanol–water partition coefficient (Wildman–Crippen LogP) is 4.26. The van der Waals surface area contributed by atoms with E-state index < -0.39 is 11.8 Å². The molecule has 4 rings (SSSR count). The standard InChI is InChI=1S/C23H17NO4/c25-21(23(27)28-15-16-9-3-1-4-10-16)20-18-13-7-8-14-19(18)24(22(20)26)17-11-5-2-6-12-17/h1-14,26H,15H2. The van der Waals surface area contributed by atoms with Crippen molar-refractivity contribution in [3.8, 4) is 11.6 Å². The smallest absolute Gasteiger partial charge is 0.380 e. The molecule has 0 amide bonds. The van der Waals surface area contributed by atoms with Crippen molar-refractivity contribution in [2.45, 2.75) is 6.61 Å². The number of fused-ring (bicyclic) bond motifs is 1. The molecular formula is C23H17NO4. The Morgan fingerprint density at radius 3 is 2.14 bits per heavy atom. The maximum Gasteiger partial charge on any atom is 0.380 e. The van der Waals surface area contributed by atoms with Gasteiger partial charge in [-0.25, -0.2) is 4.79 Å². The summed E-state index contributed by atoms with van der Waals surface area (Å²) in [6, 6.07) is 25.3. The van der Waals surface area contributed by atoms with Gasteiger partial charge in [0.25, 0.3) is 5.78 Å². The zero-order chi connectivity index (χ0) is 19.5. The number of nitrogens with zero attached hydrogens (tertiary/aromatic N) is 1. The highest BCUT2D eigenvalue weighted by molar-refractivity contribution is 6.43. The van der Waals surface area contributed by atoms with E-state index in [-0.39, 0.29) is 18.1 Å². The van der Waals surface area contributed by atoms with E-state index >= 15 is 0 Å². The Bertz CT molecular complexity index is 1150. The van der Waals surface area contributed by atoms with E-state index in [9.17, 15) is 14.7 Å². The number of esters is 1. The van der Waals surface area contributed by atoms with Crippen LogP contribution in [0.3, 0.4) is 0 Å². The molecule has 28 heavy (non-hydrogen) atoms. The van der Waals surface area contributed by atoms with Gasteiger partial charge in [0, 0.05) is 11.1 Å². The van der Waals surface area contributed by atoms with Gasteiger partial charge < -0.3 is 9.84 Å². The minimum absolute atomic E-state index is 0.0104. The third kappa shape index (κ3) is 3.14. The first-order chi connectivity index (χ1) is 13.7. The molecule has 1 heterocycles. The van der Waals surface area contributed by atoms with Crippen LogP contribution in [0.15, 0.2) is 84.9 Å². The molecule has 1 N–H and O–H groups in total. The maximum absolute atomic E-state index is 12.8. The first-order valence-electron chi connectivity index (χ1n) is 8.80. The van der Waals surface area contributed by atoms with Crippen LogP contribution in [0.5, 0.6) is 5.88 Å². The fourth-order valence-corrected chi connectivity index (χ4v) is 3.18. The molecule has 0 unspecified atom stereocenters. The van der Waals surface area contributed by atoms with Crippen molar-refractivity contribution in [2.75, 3.05) is 0 Å². The van der Waals surface area contributed by atoms with Gasteiger partial charge in [0.15, 0.2) is 0 Å². The summed E-state index contributed by atoms with van der Waals surface area (Å²) in [6.07, 6.45) is 0. The number of ketones is 1. The van der Waals surface area contributed by atoms with Gasteiger partial charge in [-0.05, 0) is 23.8 Å². The molecule has 0 saturated carbocycles. The Morgan fingerprint density at radius 2 is 1.43 bits per heavy atom. The second kappa shape index (κ2) is 7.40. The fraction of sp³-hybridized carbons (Fsp3) is 0.0435. The van der Waals surface area contributed by atoms with E-state index in [1.165, 1.54) is 0 Å². The largest absolute Gasteiger partial charge is 0.494 e. The van der Waals surface area contributed by atoms with Crippen LogP contribution >= 0.6 is 0 Å². The van der Waals surface area contributed by atoms with Crippen LogP contribution in [0.1, 0.15) is 15.9 Å². The molecular weight excluding hydrogens is 354 g/mol. The van der Waals surface area contributed by atoms with Crippen LogP contribution in [-0.2, 0) is 16.1 Å². The Kier molecular flexibility index (Phi) is 4.64. The maximum atomic E-state index is 12.8. The summed E-state index contributed by atoms with van der Waals surface area (Å²) in [5.74, 6) is -2.16. The van der Waals surface area contributed by atoms with Gasteiger partial charge in [0.05, 0.1) is 11.1 Å². The molecule has 0 fully saturated rings. The van der Waals surface area contributed by atoms with Gasteiger partial charge in [-0.15, -0.1) is 0 Å². The average molecular weight is 371 g/mol. The van der Waals surface area contributed by atoms with Crippen molar-refractivity contribution in [3.63, 3.8) is 0 Å². The lowest BCUT2D eigenvalue weighted by Gasteiger charge is -2.07. The summed E-state index contributed by atoms with van der Waals surface area (Å²) < 4.78 is 6.70. The Morgan fingerprint density at radius 1 is 0.821 bits per heavy atom. The van der Waals surface area contributed by atoms with E-state index in [2.05, 4.69) is 0 Å². The van der Waals surface area contributed by atoms with Crippen molar-refractivity contribution in [1.82, 2.24) is 4.57 Å². The molecule has 138 valence electrons. The lowest BCUT2D eigenvalue weighted by molar-refractivity contribution is -0.139. The Labute approximate surface area is 161 Å². The predicted molar refractivity (Wildman–Crippen MR) is 106 cm³/mol. The highest BCUT2D eigenvalue weighted by atomic mass is 16.5. The lowest BCUT2D eigenvalue weighted by Crippen LogP contribution is -2.17. The first kappa shape index (κ1) is 17.5. The second-order valence-electron chi connectivity index (χ2n) is 6.28. The summed E-state index contributed by atoms with van der Waals surface area (Å²) >= 11 is 0. The molecule has 0 atom stereocenters. The summed E-state index contributed by atoms with van der Waals surface area (Å²) in [5, 5.41) is 11.3. The van der Waals surface area contributed by atoms with Crippen molar-refractivity contribution < 1.29 is 19.4 Å². The highest BCUT2D eigenvalue weighted by Gasteiger charge is 2.28. The third-order valence-corrected chi connectivity index (χ3v) is 4.49. The monoisotopic (exact) mass is 371 g/mol. The number of hydrogen-bond acceptors (Lipinski definition) is 4. The number of aromatic hydroxyl groups is 1. The Hall–Kier alpha value is -3.86. The van der Waals surface area contributed by atoms with Crippen molar-refractivity contribution >= 4 is 22.7 Å². The normalized spacial score (nSPS) is 10.7. The van der Waals surface area contributed by atoms with E-state index in [0.717, 1.165) is 5.56 Å². The number of benzene rings is 3. The van der Waals surface area contributed by atoms with Crippen molar-refractivity contribution in [1.29, 1.82) is 0 Å². The van der Waals surface area contributed by atoms with E-state index in [4.69, 9.17) is 4.74 Å². The number of carbonyl (C=O) groups is 2. The molecule has 5 nitrogen and oxygen atoms in total. The van der Waals surface area contributed by atoms with Gasteiger partial charge in [-0.1, -0.05) is 66.7 Å². The number of rotatable bonds is 5. The molecule has 3 aromatic carbocycles. The molecule has 0 bridgehead atoms. The summed E-state index contributed by atoms with van der Waals surface area (Å²) in [6.45, 7) is -0.0104. The van der Waals surface area contributed by atoms with Gasteiger partial charge >= 0.3 is 5.97 Å². The number of para-hydroxylation sites is 2. The summed E-state index contributed by atoms with van der Waals surface area (Å²) in [7, 11) is 0. The topological polar surface area (TPSA) is 68.5 Å². The van der Waals surface area contributed by atoms with E-state index in [1.807, 2.05) is 54.6 Å². The van der Waals surface area contributed by atoms with Gasteiger partial charge in [0.2, 0.25) is 5.88 Å². The minimum Gasteiger partial charge on any atom is -0.494 e. The zero-order valence-corrected chi connectivity index (χ0v) is 14.9. The minimum atomic E-state index is -1.00. The molecule has 5 heteroatoms. The number of Topliss-reactive ketones (excluding diaryl/α,β-unsaturated/α-hetero) is 1. The quantitative estimate of drug-likeness (QED) is 0.323. The molecule has 0 aliphatic rings. The fourth-order valence-electron chi connectivity index (χ4n) is 3.18. The third-order valence-electron chi connectivity index (χ3n) is 4.49. The van der Waals surface area contributed by atoms with Gasteiger partial charge in [-0.3, -0.25) is 9.36 Å². The number of carbonyl (C=O) groups excluding carboxylic acids is 2. The first-order valence-corrected chi connectivity index (χ1v) is 8.80. The van der Waals surface area contributed by atoms with Crippen LogP contribution in [-0.4, -0.2) is 21.4 Å². The summed E-state index contributed by atoms with van der Waals surface area (Å²) in [5.41, 5.74) is 2.04. The molecule has 0 radical (unpaired) electrons. The van der Waals surface area contributed by atoms with Gasteiger partial charge in [0.1, 0.15) is 6.61 Å². The molecule has 0 spiro atoms. The molecule has 4 aromatic rings. The number of hydrogen-bond donors (Lipinski definition) is 1. The van der Waals surface area contributed by atoms with Crippen molar-refractivity contribution in [2.24, 2.45) is 0 Å². The van der Waals surface area contributed by atoms with Crippen molar-refractivity contribution in [3.05, 3.63) is 96.1 Å². The summed E-state index contributed by atoms with van der Waals surface area (Å²) in [4.78, 5) is 25.2. The van der Waals surface area contributed by atoms with Crippen LogP contribution in [0, 0.1) is 0 Å². The number of aromatic nitrogens is 1. The molecule has 0 aliphatic carbocycles. The van der Waals surface area contributed by atoms with Crippen LogP contribution in [0.25, 0.3) is 16.6 Å². The van der Waals surface area contributed by atoms with E-state index in [0.29, 0.717) is 16.6 Å². The zero-order valence-electron chi connectivity index (χ0n) is 14.9. The van der Waals surface area contributed by atoms with Crippen LogP contribution in [0.2, 0.25) is 0 Å². The van der Waals surface area contributed by atoms with Crippen LogP contribution < -0.4 is 0 Å². The molecule has 0 saturated heterocycles. The molecule has 0 aliphatic heterocycles. The van der Waals surface area contributed by atoms with Crippen LogP contribution in [0.4, 0.5) is 0 Å². The highest BCUT2D eigenvalue weighted by Crippen LogP contribution is 2.34. The Balaban J connectivity index is 1.71.